The maximum absolute atomic E-state index is 14.0. The lowest BCUT2D eigenvalue weighted by Crippen LogP contribution is -2.25. The standard InChI is InChI=1S/C26H35F5/c1-2-3-4-5-6-7-18-8-10-19(11-9-18)20-12-14-21(15-13-20)22-16-23(27)25(24(28)17-22)26(29,30)31/h3-4,16-21H,2,5-15H2,1H3. The number of hydrogen-bond acceptors (Lipinski definition) is 0. The van der Waals surface area contributed by atoms with E-state index >= 15 is 0 Å². The van der Waals surface area contributed by atoms with Crippen molar-refractivity contribution in [2.45, 2.75) is 96.1 Å². The molecule has 31 heavy (non-hydrogen) atoms. The zero-order valence-corrected chi connectivity index (χ0v) is 18.5. The molecule has 0 spiro atoms. The Hall–Kier alpha value is -1.39. The molecular weight excluding hydrogens is 407 g/mol. The van der Waals surface area contributed by atoms with Crippen LogP contribution in [0.25, 0.3) is 0 Å². The molecule has 0 amide bonds. The molecule has 2 saturated carbocycles. The second-order valence-electron chi connectivity index (χ2n) is 9.56. The summed E-state index contributed by atoms with van der Waals surface area (Å²) in [5.41, 5.74) is -1.40. The van der Waals surface area contributed by atoms with Crippen molar-refractivity contribution < 1.29 is 22.0 Å². The van der Waals surface area contributed by atoms with Crippen LogP contribution in [-0.2, 0) is 6.18 Å². The molecule has 0 N–H and O–H groups in total. The molecule has 2 aliphatic rings. The summed E-state index contributed by atoms with van der Waals surface area (Å²) >= 11 is 0. The summed E-state index contributed by atoms with van der Waals surface area (Å²) < 4.78 is 66.3. The minimum atomic E-state index is -5.00. The Morgan fingerprint density at radius 2 is 1.39 bits per heavy atom. The van der Waals surface area contributed by atoms with Crippen molar-refractivity contribution in [3.63, 3.8) is 0 Å². The molecule has 5 heteroatoms. The highest BCUT2D eigenvalue weighted by Gasteiger charge is 2.39. The van der Waals surface area contributed by atoms with E-state index in [1.54, 1.807) is 0 Å². The molecule has 0 unspecified atom stereocenters. The summed E-state index contributed by atoms with van der Waals surface area (Å²) in [7, 11) is 0. The lowest BCUT2D eigenvalue weighted by molar-refractivity contribution is -0.142. The van der Waals surface area contributed by atoms with Gasteiger partial charge in [0.25, 0.3) is 0 Å². The molecule has 174 valence electrons. The van der Waals surface area contributed by atoms with Gasteiger partial charge in [0.2, 0.25) is 0 Å². The Morgan fingerprint density at radius 3 is 1.90 bits per heavy atom. The van der Waals surface area contributed by atoms with Gasteiger partial charge in [-0.25, -0.2) is 8.78 Å². The van der Waals surface area contributed by atoms with Gasteiger partial charge in [-0.15, -0.1) is 0 Å². The second kappa shape index (κ2) is 11.0. The molecule has 0 radical (unpaired) electrons. The molecule has 0 nitrogen and oxygen atoms in total. The third kappa shape index (κ3) is 6.55. The first-order chi connectivity index (χ1) is 14.8. The fraction of sp³-hybridized carbons (Fsp3) is 0.692. The van der Waals surface area contributed by atoms with Crippen molar-refractivity contribution in [2.24, 2.45) is 17.8 Å². The molecule has 0 aromatic heterocycles. The van der Waals surface area contributed by atoms with E-state index in [0.29, 0.717) is 11.5 Å². The van der Waals surface area contributed by atoms with Crippen molar-refractivity contribution in [2.75, 3.05) is 0 Å². The third-order valence-corrected chi connectivity index (χ3v) is 7.53. The van der Waals surface area contributed by atoms with E-state index < -0.39 is 23.4 Å². The lowest BCUT2D eigenvalue weighted by atomic mass is 9.68. The maximum Gasteiger partial charge on any atom is 0.422 e. The van der Waals surface area contributed by atoms with Crippen LogP contribution in [0.1, 0.15) is 101 Å². The van der Waals surface area contributed by atoms with E-state index in [2.05, 4.69) is 19.1 Å². The van der Waals surface area contributed by atoms with Crippen LogP contribution >= 0.6 is 0 Å². The van der Waals surface area contributed by atoms with Crippen LogP contribution < -0.4 is 0 Å². The topological polar surface area (TPSA) is 0 Å². The van der Waals surface area contributed by atoms with Crippen LogP contribution in [0.4, 0.5) is 22.0 Å². The van der Waals surface area contributed by atoms with E-state index in [0.717, 1.165) is 56.1 Å². The smallest absolute Gasteiger partial charge is 0.206 e. The van der Waals surface area contributed by atoms with E-state index in [1.165, 1.54) is 44.9 Å². The highest BCUT2D eigenvalue weighted by molar-refractivity contribution is 5.30. The monoisotopic (exact) mass is 442 g/mol. The van der Waals surface area contributed by atoms with Gasteiger partial charge in [-0.1, -0.05) is 38.3 Å². The summed E-state index contributed by atoms with van der Waals surface area (Å²) in [5.74, 6) is -0.802. The van der Waals surface area contributed by atoms with Crippen molar-refractivity contribution in [3.8, 4) is 0 Å². The summed E-state index contributed by atoms with van der Waals surface area (Å²) in [4.78, 5) is 0. The van der Waals surface area contributed by atoms with Gasteiger partial charge in [-0.2, -0.15) is 13.2 Å². The normalized spacial score (nSPS) is 27.7. The quantitative estimate of drug-likeness (QED) is 0.224. The molecule has 1 aromatic rings. The zero-order valence-electron chi connectivity index (χ0n) is 18.5. The zero-order chi connectivity index (χ0) is 22.4. The summed E-state index contributed by atoms with van der Waals surface area (Å²) in [6, 6.07) is 1.80. The van der Waals surface area contributed by atoms with Crippen LogP contribution in [0.5, 0.6) is 0 Å². The highest BCUT2D eigenvalue weighted by atomic mass is 19.4. The first-order valence-corrected chi connectivity index (χ1v) is 12.0. The van der Waals surface area contributed by atoms with Gasteiger partial charge in [0, 0.05) is 0 Å². The Bertz CT molecular complexity index is 697. The van der Waals surface area contributed by atoms with E-state index in [-0.39, 0.29) is 5.92 Å². The third-order valence-electron chi connectivity index (χ3n) is 7.53. The molecule has 0 atom stereocenters. The van der Waals surface area contributed by atoms with Crippen LogP contribution in [0.15, 0.2) is 24.3 Å². The predicted octanol–water partition coefficient (Wildman–Crippen LogP) is 9.20. The van der Waals surface area contributed by atoms with Crippen molar-refractivity contribution in [1.29, 1.82) is 0 Å². The maximum atomic E-state index is 14.0. The molecule has 2 fully saturated rings. The van der Waals surface area contributed by atoms with E-state index in [4.69, 9.17) is 0 Å². The number of halogens is 5. The minimum absolute atomic E-state index is 0.0463. The van der Waals surface area contributed by atoms with Gasteiger partial charge in [0.15, 0.2) is 0 Å². The first kappa shape index (κ1) is 24.3. The SMILES string of the molecule is CCC=CCCCC1CCC(C2CCC(c3cc(F)c(C(F)(F)F)c(F)c3)CC2)CC1. The van der Waals surface area contributed by atoms with Crippen LogP contribution in [-0.4, -0.2) is 0 Å². The lowest BCUT2D eigenvalue weighted by Gasteiger charge is -2.38. The van der Waals surface area contributed by atoms with Crippen LogP contribution in [0.2, 0.25) is 0 Å². The Kier molecular flexibility index (Phi) is 8.58. The molecule has 3 rings (SSSR count). The summed E-state index contributed by atoms with van der Waals surface area (Å²) in [6.45, 7) is 2.16. The van der Waals surface area contributed by atoms with Gasteiger partial charge in [-0.05, 0) is 99.2 Å². The van der Waals surface area contributed by atoms with E-state index in [1.807, 2.05) is 0 Å². The Labute approximate surface area is 183 Å². The van der Waals surface area contributed by atoms with Gasteiger partial charge < -0.3 is 0 Å². The Balaban J connectivity index is 1.46. The number of alkyl halides is 3. The van der Waals surface area contributed by atoms with Gasteiger partial charge in [0.05, 0.1) is 0 Å². The largest absolute Gasteiger partial charge is 0.422 e. The van der Waals surface area contributed by atoms with Crippen molar-refractivity contribution in [1.82, 2.24) is 0 Å². The molecule has 0 bridgehead atoms. The van der Waals surface area contributed by atoms with Gasteiger partial charge in [0.1, 0.15) is 17.2 Å². The van der Waals surface area contributed by atoms with Crippen molar-refractivity contribution in [3.05, 3.63) is 47.0 Å². The second-order valence-corrected chi connectivity index (χ2v) is 9.56. The Morgan fingerprint density at radius 1 is 0.839 bits per heavy atom. The number of hydrogen-bond donors (Lipinski definition) is 0. The molecule has 2 aliphatic carbocycles. The van der Waals surface area contributed by atoms with E-state index in [9.17, 15) is 22.0 Å². The highest BCUT2D eigenvalue weighted by Crippen LogP contribution is 2.45. The van der Waals surface area contributed by atoms with Gasteiger partial charge in [-0.3, -0.25) is 0 Å². The number of allylic oxidation sites excluding steroid dienone is 2. The average Bonchev–Trinajstić information content (AvgIpc) is 2.73. The fourth-order valence-electron chi connectivity index (χ4n) is 5.78. The minimum Gasteiger partial charge on any atom is -0.206 e. The molecule has 0 aliphatic heterocycles. The number of unbranched alkanes of at least 4 members (excludes halogenated alkanes) is 1. The summed E-state index contributed by atoms with van der Waals surface area (Å²) in [5, 5.41) is 0. The first-order valence-electron chi connectivity index (χ1n) is 12.0. The number of benzene rings is 1. The fourth-order valence-corrected chi connectivity index (χ4v) is 5.78. The molecule has 1 aromatic carbocycles. The molecule has 0 saturated heterocycles. The molecular formula is C26H35F5. The summed E-state index contributed by atoms with van der Waals surface area (Å²) in [6.07, 6.45) is 13.2. The van der Waals surface area contributed by atoms with Crippen LogP contribution in [0, 0.1) is 29.4 Å². The van der Waals surface area contributed by atoms with Crippen molar-refractivity contribution >= 4 is 0 Å². The predicted molar refractivity (Wildman–Crippen MR) is 115 cm³/mol. The number of rotatable bonds is 7. The molecule has 0 heterocycles. The average molecular weight is 443 g/mol. The van der Waals surface area contributed by atoms with Gasteiger partial charge >= 0.3 is 6.18 Å². The van der Waals surface area contributed by atoms with Crippen LogP contribution in [0.3, 0.4) is 0 Å².